The number of aromatic nitrogens is 3. The van der Waals surface area contributed by atoms with Crippen LogP contribution in [0.2, 0.25) is 0 Å². The summed E-state index contributed by atoms with van der Waals surface area (Å²) < 4.78 is 5.93. The van der Waals surface area contributed by atoms with Crippen LogP contribution in [0, 0.1) is 0 Å². The number of hydrogen-bond acceptors (Lipinski definition) is 5. The summed E-state index contributed by atoms with van der Waals surface area (Å²) in [6.45, 7) is 0. The highest BCUT2D eigenvalue weighted by atomic mass is 16.5. The van der Waals surface area contributed by atoms with E-state index in [1.54, 1.807) is 30.6 Å². The average molecular weight is 315 g/mol. The summed E-state index contributed by atoms with van der Waals surface area (Å²) in [5.74, 6) is 1.71. The number of pyridine rings is 1. The molecular formula is C19H13N3O2. The first-order valence-electron chi connectivity index (χ1n) is 7.44. The van der Waals surface area contributed by atoms with Gasteiger partial charge >= 0.3 is 0 Å². The van der Waals surface area contributed by atoms with Crippen LogP contribution in [0.3, 0.4) is 0 Å². The second kappa shape index (κ2) is 5.96. The van der Waals surface area contributed by atoms with E-state index in [1.165, 1.54) is 0 Å². The first kappa shape index (κ1) is 14.1. The molecule has 0 aliphatic carbocycles. The molecule has 116 valence electrons. The lowest BCUT2D eigenvalue weighted by Crippen LogP contribution is -1.96. The van der Waals surface area contributed by atoms with E-state index in [0.717, 1.165) is 5.56 Å². The zero-order chi connectivity index (χ0) is 16.4. The standard InChI is InChI=1S/C19H13N3O2/c23-14-8-9-17-16(11-14)19(24-15-6-2-1-3-7-15)22-18(21-17)13-5-4-10-20-12-13/h1-12,23H. The fourth-order valence-corrected chi connectivity index (χ4v) is 2.39. The highest BCUT2D eigenvalue weighted by Gasteiger charge is 2.12. The first-order chi connectivity index (χ1) is 11.8. The Balaban J connectivity index is 1.90. The van der Waals surface area contributed by atoms with Crippen molar-refractivity contribution in [1.82, 2.24) is 15.0 Å². The van der Waals surface area contributed by atoms with Crippen LogP contribution in [0.4, 0.5) is 0 Å². The maximum atomic E-state index is 9.79. The van der Waals surface area contributed by atoms with E-state index >= 15 is 0 Å². The van der Waals surface area contributed by atoms with Gasteiger partial charge in [0.15, 0.2) is 5.82 Å². The molecule has 5 nitrogen and oxygen atoms in total. The zero-order valence-corrected chi connectivity index (χ0v) is 12.6. The van der Waals surface area contributed by atoms with Gasteiger partial charge in [-0.3, -0.25) is 4.98 Å². The van der Waals surface area contributed by atoms with Crippen molar-refractivity contribution < 1.29 is 9.84 Å². The molecular weight excluding hydrogens is 302 g/mol. The predicted octanol–water partition coefficient (Wildman–Crippen LogP) is 4.19. The van der Waals surface area contributed by atoms with Gasteiger partial charge in [0, 0.05) is 18.0 Å². The molecule has 0 bridgehead atoms. The molecule has 4 rings (SSSR count). The summed E-state index contributed by atoms with van der Waals surface area (Å²) in [7, 11) is 0. The third-order valence-corrected chi connectivity index (χ3v) is 3.52. The highest BCUT2D eigenvalue weighted by Crippen LogP contribution is 2.31. The summed E-state index contributed by atoms with van der Waals surface area (Å²) in [5, 5.41) is 10.4. The number of aromatic hydroxyl groups is 1. The summed E-state index contributed by atoms with van der Waals surface area (Å²) >= 11 is 0. The smallest absolute Gasteiger partial charge is 0.230 e. The van der Waals surface area contributed by atoms with E-state index in [0.29, 0.717) is 28.4 Å². The summed E-state index contributed by atoms with van der Waals surface area (Å²) in [6, 6.07) is 18.0. The molecule has 5 heteroatoms. The molecule has 2 aromatic carbocycles. The Labute approximate surface area is 138 Å². The summed E-state index contributed by atoms with van der Waals surface area (Å²) in [5.41, 5.74) is 1.48. The Morgan fingerprint density at radius 3 is 2.54 bits per heavy atom. The normalized spacial score (nSPS) is 10.7. The second-order valence-corrected chi connectivity index (χ2v) is 5.21. The van der Waals surface area contributed by atoms with Crippen molar-refractivity contribution >= 4 is 10.9 Å². The van der Waals surface area contributed by atoms with E-state index in [1.807, 2.05) is 42.5 Å². The van der Waals surface area contributed by atoms with Gasteiger partial charge in [0.25, 0.3) is 0 Å². The van der Waals surface area contributed by atoms with Gasteiger partial charge in [-0.05, 0) is 42.5 Å². The Hall–Kier alpha value is -3.47. The fourth-order valence-electron chi connectivity index (χ4n) is 2.39. The van der Waals surface area contributed by atoms with E-state index in [-0.39, 0.29) is 5.75 Å². The topological polar surface area (TPSA) is 68.1 Å². The lowest BCUT2D eigenvalue weighted by molar-refractivity contribution is 0.465. The van der Waals surface area contributed by atoms with E-state index in [9.17, 15) is 5.11 Å². The van der Waals surface area contributed by atoms with Crippen molar-refractivity contribution in [3.05, 3.63) is 73.1 Å². The Kier molecular flexibility index (Phi) is 3.51. The predicted molar refractivity (Wildman–Crippen MR) is 90.9 cm³/mol. The van der Waals surface area contributed by atoms with Crippen LogP contribution in [-0.2, 0) is 0 Å². The number of benzene rings is 2. The quantitative estimate of drug-likeness (QED) is 0.614. The van der Waals surface area contributed by atoms with Crippen LogP contribution in [0.5, 0.6) is 17.4 Å². The van der Waals surface area contributed by atoms with Gasteiger partial charge in [0.2, 0.25) is 5.88 Å². The third kappa shape index (κ3) is 2.75. The van der Waals surface area contributed by atoms with Gasteiger partial charge in [0.05, 0.1) is 10.9 Å². The minimum atomic E-state index is 0.137. The largest absolute Gasteiger partial charge is 0.508 e. The number of rotatable bonds is 3. The summed E-state index contributed by atoms with van der Waals surface area (Å²) in [4.78, 5) is 13.2. The number of fused-ring (bicyclic) bond motifs is 1. The molecule has 0 unspecified atom stereocenters. The van der Waals surface area contributed by atoms with Crippen LogP contribution in [0.25, 0.3) is 22.3 Å². The first-order valence-corrected chi connectivity index (χ1v) is 7.44. The van der Waals surface area contributed by atoms with Crippen LogP contribution >= 0.6 is 0 Å². The minimum Gasteiger partial charge on any atom is -0.508 e. The number of para-hydroxylation sites is 1. The third-order valence-electron chi connectivity index (χ3n) is 3.52. The van der Waals surface area contributed by atoms with Gasteiger partial charge < -0.3 is 9.84 Å². The molecule has 0 saturated carbocycles. The maximum Gasteiger partial charge on any atom is 0.230 e. The highest BCUT2D eigenvalue weighted by molar-refractivity contribution is 5.86. The molecule has 0 aliphatic heterocycles. The van der Waals surface area contributed by atoms with Crippen LogP contribution in [0.1, 0.15) is 0 Å². The monoisotopic (exact) mass is 315 g/mol. The zero-order valence-electron chi connectivity index (χ0n) is 12.6. The molecule has 2 heterocycles. The van der Waals surface area contributed by atoms with Crippen molar-refractivity contribution in [3.63, 3.8) is 0 Å². The van der Waals surface area contributed by atoms with Gasteiger partial charge in [-0.1, -0.05) is 18.2 Å². The van der Waals surface area contributed by atoms with E-state index < -0.39 is 0 Å². The maximum absolute atomic E-state index is 9.79. The molecule has 4 aromatic rings. The van der Waals surface area contributed by atoms with Gasteiger partial charge in [-0.15, -0.1) is 0 Å². The summed E-state index contributed by atoms with van der Waals surface area (Å²) in [6.07, 6.45) is 3.40. The van der Waals surface area contributed by atoms with Crippen molar-refractivity contribution in [2.24, 2.45) is 0 Å². The van der Waals surface area contributed by atoms with Crippen molar-refractivity contribution in [2.45, 2.75) is 0 Å². The van der Waals surface area contributed by atoms with Crippen LogP contribution in [0.15, 0.2) is 73.1 Å². The molecule has 0 atom stereocenters. The van der Waals surface area contributed by atoms with Gasteiger partial charge in [-0.25, -0.2) is 4.98 Å². The number of nitrogens with zero attached hydrogens (tertiary/aromatic N) is 3. The lowest BCUT2D eigenvalue weighted by atomic mass is 10.2. The molecule has 0 spiro atoms. The lowest BCUT2D eigenvalue weighted by Gasteiger charge is -2.10. The molecule has 1 N–H and O–H groups in total. The molecule has 0 aliphatic rings. The van der Waals surface area contributed by atoms with E-state index in [2.05, 4.69) is 15.0 Å². The van der Waals surface area contributed by atoms with Gasteiger partial charge in [0.1, 0.15) is 11.5 Å². The van der Waals surface area contributed by atoms with Crippen LogP contribution < -0.4 is 4.74 Å². The number of phenols is 1. The fraction of sp³-hybridized carbons (Fsp3) is 0. The second-order valence-electron chi connectivity index (χ2n) is 5.21. The van der Waals surface area contributed by atoms with Crippen LogP contribution in [-0.4, -0.2) is 20.1 Å². The minimum absolute atomic E-state index is 0.137. The molecule has 0 amide bonds. The Bertz CT molecular complexity index is 989. The average Bonchev–Trinajstić information content (AvgIpc) is 2.63. The van der Waals surface area contributed by atoms with Gasteiger partial charge in [-0.2, -0.15) is 4.98 Å². The van der Waals surface area contributed by atoms with Crippen molar-refractivity contribution in [2.75, 3.05) is 0 Å². The molecule has 0 saturated heterocycles. The van der Waals surface area contributed by atoms with Crippen molar-refractivity contribution in [1.29, 1.82) is 0 Å². The van der Waals surface area contributed by atoms with E-state index in [4.69, 9.17) is 4.74 Å². The Morgan fingerprint density at radius 2 is 1.75 bits per heavy atom. The molecule has 2 aromatic heterocycles. The number of hydrogen-bond donors (Lipinski definition) is 1. The molecule has 0 fully saturated rings. The number of ether oxygens (including phenoxy) is 1. The SMILES string of the molecule is Oc1ccc2nc(-c3cccnc3)nc(Oc3ccccc3)c2c1. The molecule has 24 heavy (non-hydrogen) atoms. The van der Waals surface area contributed by atoms with Crippen molar-refractivity contribution in [3.8, 4) is 28.8 Å². The molecule has 0 radical (unpaired) electrons. The number of phenolic OH excluding ortho intramolecular Hbond substituents is 1. The Morgan fingerprint density at radius 1 is 0.875 bits per heavy atom.